The van der Waals surface area contributed by atoms with Crippen molar-refractivity contribution in [2.75, 3.05) is 19.6 Å². The van der Waals surface area contributed by atoms with Gasteiger partial charge in [-0.3, -0.25) is 9.78 Å². The molecule has 6 heteroatoms. The maximum Gasteiger partial charge on any atom is 0.307 e. The molecule has 3 fully saturated rings. The smallest absolute Gasteiger partial charge is 0.307 e. The summed E-state index contributed by atoms with van der Waals surface area (Å²) in [5, 5.41) is 3.07. The molecular formula is C16H18N4O2. The van der Waals surface area contributed by atoms with Crippen molar-refractivity contribution in [2.45, 2.75) is 18.9 Å². The second kappa shape index (κ2) is 5.53. The number of carbonyl (C=O) groups is 1. The maximum absolute atomic E-state index is 12.3. The van der Waals surface area contributed by atoms with Gasteiger partial charge < -0.3 is 14.6 Å². The first-order valence-corrected chi connectivity index (χ1v) is 7.70. The zero-order valence-electron chi connectivity index (χ0n) is 12.2. The minimum atomic E-state index is -0.235. The first-order chi connectivity index (χ1) is 10.8. The standard InChI is InChI=1S/C16H18N4O2/c21-15(19-13-10-20-7-4-11(13)5-8-20)16-18-9-14(22-16)12-3-1-2-6-17-12/h1-3,6,9,11,13H,4-5,7-8,10H2,(H,19,21)/t13-/m0/s1. The Bertz CT molecular complexity index is 662. The molecule has 1 N–H and O–H groups in total. The Hall–Kier alpha value is -2.21. The number of hydrogen-bond donors (Lipinski definition) is 1. The van der Waals surface area contributed by atoms with Crippen LogP contribution in [0.4, 0.5) is 0 Å². The lowest BCUT2D eigenvalue weighted by Gasteiger charge is -2.44. The van der Waals surface area contributed by atoms with Crippen LogP contribution in [0.2, 0.25) is 0 Å². The summed E-state index contributed by atoms with van der Waals surface area (Å²) >= 11 is 0. The molecule has 0 aliphatic carbocycles. The lowest BCUT2D eigenvalue weighted by Crippen LogP contribution is -2.57. The predicted octanol–water partition coefficient (Wildman–Crippen LogP) is 1.56. The number of amides is 1. The third kappa shape index (κ3) is 2.50. The molecule has 5 heterocycles. The van der Waals surface area contributed by atoms with Gasteiger partial charge in [-0.1, -0.05) is 6.07 Å². The summed E-state index contributed by atoms with van der Waals surface area (Å²) in [6, 6.07) is 5.74. The number of piperidine rings is 3. The van der Waals surface area contributed by atoms with E-state index in [1.807, 2.05) is 18.2 Å². The van der Waals surface area contributed by atoms with Crippen molar-refractivity contribution in [1.82, 2.24) is 20.2 Å². The Morgan fingerprint density at radius 2 is 2.14 bits per heavy atom. The molecular weight excluding hydrogens is 280 g/mol. The largest absolute Gasteiger partial charge is 0.431 e. The first kappa shape index (κ1) is 13.5. The molecule has 0 saturated carbocycles. The normalized spacial score (nSPS) is 26.8. The van der Waals surface area contributed by atoms with E-state index in [0.29, 0.717) is 17.4 Å². The van der Waals surface area contributed by atoms with E-state index in [9.17, 15) is 4.79 Å². The molecule has 22 heavy (non-hydrogen) atoms. The number of nitrogens with one attached hydrogen (secondary N) is 1. The zero-order valence-corrected chi connectivity index (χ0v) is 12.2. The van der Waals surface area contributed by atoms with E-state index < -0.39 is 0 Å². The number of nitrogens with zero attached hydrogens (tertiary/aromatic N) is 3. The summed E-state index contributed by atoms with van der Waals surface area (Å²) in [7, 11) is 0. The van der Waals surface area contributed by atoms with Crippen LogP contribution in [-0.4, -0.2) is 46.5 Å². The van der Waals surface area contributed by atoms with Gasteiger partial charge in [0.25, 0.3) is 5.89 Å². The van der Waals surface area contributed by atoms with Gasteiger partial charge in [0, 0.05) is 18.8 Å². The van der Waals surface area contributed by atoms with E-state index in [4.69, 9.17) is 4.42 Å². The van der Waals surface area contributed by atoms with Gasteiger partial charge in [0.05, 0.1) is 6.20 Å². The van der Waals surface area contributed by atoms with E-state index in [2.05, 4.69) is 20.2 Å². The number of oxazole rings is 1. The van der Waals surface area contributed by atoms with Crippen molar-refractivity contribution in [3.63, 3.8) is 0 Å². The Morgan fingerprint density at radius 1 is 1.27 bits per heavy atom. The predicted molar refractivity (Wildman–Crippen MR) is 80.2 cm³/mol. The van der Waals surface area contributed by atoms with Crippen molar-refractivity contribution in [2.24, 2.45) is 5.92 Å². The van der Waals surface area contributed by atoms with E-state index in [0.717, 1.165) is 32.5 Å². The van der Waals surface area contributed by atoms with Crippen molar-refractivity contribution in [3.8, 4) is 11.5 Å². The molecule has 1 atom stereocenters. The number of carbonyl (C=O) groups excluding carboxylic acids is 1. The number of aromatic nitrogens is 2. The summed E-state index contributed by atoms with van der Waals surface area (Å²) in [5.41, 5.74) is 0.678. The van der Waals surface area contributed by atoms with Gasteiger partial charge in [0.1, 0.15) is 5.69 Å². The van der Waals surface area contributed by atoms with Gasteiger partial charge in [0.2, 0.25) is 0 Å². The lowest BCUT2D eigenvalue weighted by molar-refractivity contribution is 0.0602. The Morgan fingerprint density at radius 3 is 2.82 bits per heavy atom. The molecule has 0 aromatic carbocycles. The monoisotopic (exact) mass is 298 g/mol. The van der Waals surface area contributed by atoms with Gasteiger partial charge >= 0.3 is 5.91 Å². The van der Waals surface area contributed by atoms with Gasteiger partial charge in [-0.15, -0.1) is 0 Å². The second-order valence-electron chi connectivity index (χ2n) is 5.96. The summed E-state index contributed by atoms with van der Waals surface area (Å²) in [4.78, 5) is 23.0. The van der Waals surface area contributed by atoms with Gasteiger partial charge in [-0.05, 0) is 44.0 Å². The minimum Gasteiger partial charge on any atom is -0.431 e. The van der Waals surface area contributed by atoms with Gasteiger partial charge in [0.15, 0.2) is 5.76 Å². The fourth-order valence-electron chi connectivity index (χ4n) is 3.36. The van der Waals surface area contributed by atoms with E-state index in [-0.39, 0.29) is 17.8 Å². The van der Waals surface area contributed by atoms with Crippen LogP contribution in [0.5, 0.6) is 0 Å². The molecule has 3 saturated heterocycles. The van der Waals surface area contributed by atoms with Crippen LogP contribution < -0.4 is 5.32 Å². The minimum absolute atomic E-state index is 0.108. The number of hydrogen-bond acceptors (Lipinski definition) is 5. The SMILES string of the molecule is O=C(N[C@H]1CN2CCC1CC2)c1ncc(-c2ccccn2)o1. The lowest BCUT2D eigenvalue weighted by atomic mass is 9.84. The highest BCUT2D eigenvalue weighted by Crippen LogP contribution is 2.27. The Labute approximate surface area is 128 Å². The summed E-state index contributed by atoms with van der Waals surface area (Å²) < 4.78 is 5.55. The van der Waals surface area contributed by atoms with E-state index in [1.54, 1.807) is 12.4 Å². The first-order valence-electron chi connectivity index (χ1n) is 7.70. The van der Waals surface area contributed by atoms with Crippen molar-refractivity contribution >= 4 is 5.91 Å². The van der Waals surface area contributed by atoms with Crippen LogP contribution in [0.15, 0.2) is 35.0 Å². The third-order valence-electron chi connectivity index (χ3n) is 4.59. The van der Waals surface area contributed by atoms with Crippen molar-refractivity contribution in [1.29, 1.82) is 0 Å². The molecule has 3 aliphatic heterocycles. The molecule has 3 aliphatic rings. The van der Waals surface area contributed by atoms with Gasteiger partial charge in [-0.2, -0.15) is 0 Å². The average Bonchev–Trinajstić information content (AvgIpc) is 3.07. The molecule has 6 nitrogen and oxygen atoms in total. The molecule has 1 amide bonds. The molecule has 0 spiro atoms. The quantitative estimate of drug-likeness (QED) is 0.931. The van der Waals surface area contributed by atoms with Crippen LogP contribution in [0.3, 0.4) is 0 Å². The van der Waals surface area contributed by atoms with E-state index in [1.165, 1.54) is 0 Å². The van der Waals surface area contributed by atoms with Crippen LogP contribution in [0.25, 0.3) is 11.5 Å². The Balaban J connectivity index is 1.46. The highest BCUT2D eigenvalue weighted by molar-refractivity contribution is 5.90. The van der Waals surface area contributed by atoms with Crippen LogP contribution >= 0.6 is 0 Å². The van der Waals surface area contributed by atoms with Crippen molar-refractivity contribution < 1.29 is 9.21 Å². The number of fused-ring (bicyclic) bond motifs is 3. The van der Waals surface area contributed by atoms with Gasteiger partial charge in [-0.25, -0.2) is 4.98 Å². The van der Waals surface area contributed by atoms with Crippen LogP contribution in [-0.2, 0) is 0 Å². The van der Waals surface area contributed by atoms with Crippen LogP contribution in [0.1, 0.15) is 23.5 Å². The number of pyridine rings is 1. The molecule has 5 rings (SSSR count). The highest BCUT2D eigenvalue weighted by Gasteiger charge is 2.35. The fraction of sp³-hybridized carbons (Fsp3) is 0.438. The molecule has 2 bridgehead atoms. The molecule has 0 unspecified atom stereocenters. The molecule has 2 aromatic rings. The summed E-state index contributed by atoms with van der Waals surface area (Å²) in [6.07, 6.45) is 5.56. The molecule has 2 aromatic heterocycles. The van der Waals surface area contributed by atoms with Crippen LogP contribution in [0, 0.1) is 5.92 Å². The topological polar surface area (TPSA) is 71.3 Å². The summed E-state index contributed by atoms with van der Waals surface area (Å²) in [5.74, 6) is 0.969. The third-order valence-corrected chi connectivity index (χ3v) is 4.59. The van der Waals surface area contributed by atoms with Crippen molar-refractivity contribution in [3.05, 3.63) is 36.5 Å². The number of rotatable bonds is 3. The zero-order chi connectivity index (χ0) is 14.9. The Kier molecular flexibility index (Phi) is 3.38. The second-order valence-corrected chi connectivity index (χ2v) is 5.96. The molecule has 0 radical (unpaired) electrons. The summed E-state index contributed by atoms with van der Waals surface area (Å²) in [6.45, 7) is 3.24. The highest BCUT2D eigenvalue weighted by atomic mass is 16.4. The fourth-order valence-corrected chi connectivity index (χ4v) is 3.36. The van der Waals surface area contributed by atoms with E-state index >= 15 is 0 Å². The maximum atomic E-state index is 12.3. The average molecular weight is 298 g/mol. The molecule has 114 valence electrons.